The number of ether oxygens (including phenoxy) is 1. The van der Waals surface area contributed by atoms with E-state index in [9.17, 15) is 4.79 Å². The standard InChI is InChI=1S/C18H21Cl2N5O2/c1-2-27-17-5-6-21-18(23-17)25-9-7-24(8-10-25)12-16(26)22-15-11-13(19)3-4-14(15)20/h3-6,11H,2,7-10,12H2,1H3,(H,22,26). The van der Waals surface area contributed by atoms with E-state index >= 15 is 0 Å². The van der Waals surface area contributed by atoms with Crippen molar-refractivity contribution < 1.29 is 9.53 Å². The van der Waals surface area contributed by atoms with Gasteiger partial charge < -0.3 is 15.0 Å². The lowest BCUT2D eigenvalue weighted by molar-refractivity contribution is -0.117. The van der Waals surface area contributed by atoms with E-state index in [1.807, 2.05) is 6.92 Å². The fraction of sp³-hybridized carbons (Fsp3) is 0.389. The molecule has 0 radical (unpaired) electrons. The number of anilines is 2. The van der Waals surface area contributed by atoms with Gasteiger partial charge in [-0.15, -0.1) is 0 Å². The van der Waals surface area contributed by atoms with Crippen LogP contribution < -0.4 is 15.0 Å². The number of piperazine rings is 1. The van der Waals surface area contributed by atoms with Crippen LogP contribution >= 0.6 is 23.2 Å². The third kappa shape index (κ3) is 5.45. The fourth-order valence-corrected chi connectivity index (χ4v) is 3.14. The number of carbonyl (C=O) groups is 1. The molecule has 0 bridgehead atoms. The summed E-state index contributed by atoms with van der Waals surface area (Å²) in [4.78, 5) is 25.2. The molecule has 1 aliphatic heterocycles. The molecule has 0 spiro atoms. The van der Waals surface area contributed by atoms with E-state index in [0.29, 0.717) is 34.2 Å². The molecule has 0 unspecified atom stereocenters. The molecule has 1 N–H and O–H groups in total. The molecule has 1 saturated heterocycles. The minimum atomic E-state index is -0.123. The van der Waals surface area contributed by atoms with E-state index < -0.39 is 0 Å². The molecule has 1 fully saturated rings. The first-order valence-electron chi connectivity index (χ1n) is 8.73. The summed E-state index contributed by atoms with van der Waals surface area (Å²) in [6.45, 7) is 5.72. The van der Waals surface area contributed by atoms with Gasteiger partial charge in [0, 0.05) is 43.5 Å². The topological polar surface area (TPSA) is 70.6 Å². The van der Waals surface area contributed by atoms with Crippen molar-refractivity contribution in [3.05, 3.63) is 40.5 Å². The molecule has 1 amide bonds. The molecule has 144 valence electrons. The lowest BCUT2D eigenvalue weighted by atomic mass is 10.3. The van der Waals surface area contributed by atoms with Crippen molar-refractivity contribution in [2.45, 2.75) is 6.92 Å². The van der Waals surface area contributed by atoms with Crippen LogP contribution in [0.25, 0.3) is 0 Å². The summed E-state index contributed by atoms with van der Waals surface area (Å²) in [6.07, 6.45) is 1.70. The van der Waals surface area contributed by atoms with Crippen molar-refractivity contribution in [1.82, 2.24) is 14.9 Å². The van der Waals surface area contributed by atoms with Gasteiger partial charge in [-0.2, -0.15) is 4.98 Å². The number of aromatic nitrogens is 2. The van der Waals surface area contributed by atoms with Gasteiger partial charge in [0.25, 0.3) is 0 Å². The molecule has 7 nitrogen and oxygen atoms in total. The first-order chi connectivity index (χ1) is 13.0. The molecule has 27 heavy (non-hydrogen) atoms. The third-order valence-corrected chi connectivity index (χ3v) is 4.70. The van der Waals surface area contributed by atoms with Crippen molar-refractivity contribution >= 4 is 40.7 Å². The van der Waals surface area contributed by atoms with Gasteiger partial charge in [0.1, 0.15) is 0 Å². The molecule has 0 saturated carbocycles. The van der Waals surface area contributed by atoms with Gasteiger partial charge in [-0.25, -0.2) is 4.98 Å². The molecule has 2 aromatic rings. The zero-order chi connectivity index (χ0) is 19.2. The summed E-state index contributed by atoms with van der Waals surface area (Å²) < 4.78 is 5.42. The van der Waals surface area contributed by atoms with E-state index in [2.05, 4.69) is 25.1 Å². The fourth-order valence-electron chi connectivity index (χ4n) is 2.81. The Balaban J connectivity index is 1.51. The van der Waals surface area contributed by atoms with Crippen LogP contribution in [0.2, 0.25) is 10.0 Å². The van der Waals surface area contributed by atoms with Crippen molar-refractivity contribution in [3.63, 3.8) is 0 Å². The molecule has 9 heteroatoms. The molecule has 0 aliphatic carbocycles. The van der Waals surface area contributed by atoms with Crippen LogP contribution in [0.1, 0.15) is 6.92 Å². The van der Waals surface area contributed by atoms with Gasteiger partial charge in [-0.05, 0) is 25.1 Å². The second-order valence-electron chi connectivity index (χ2n) is 6.06. The second-order valence-corrected chi connectivity index (χ2v) is 6.91. The van der Waals surface area contributed by atoms with Crippen LogP contribution in [-0.2, 0) is 4.79 Å². The molecule has 1 aromatic heterocycles. The monoisotopic (exact) mass is 409 g/mol. The first-order valence-corrected chi connectivity index (χ1v) is 9.49. The van der Waals surface area contributed by atoms with Gasteiger partial charge in [-0.1, -0.05) is 23.2 Å². The molecular formula is C18H21Cl2N5O2. The molecular weight excluding hydrogens is 389 g/mol. The Hall–Kier alpha value is -2.09. The first kappa shape index (κ1) is 19.7. The maximum absolute atomic E-state index is 12.3. The summed E-state index contributed by atoms with van der Waals surface area (Å²) in [5, 5.41) is 3.80. The molecule has 2 heterocycles. The summed E-state index contributed by atoms with van der Waals surface area (Å²) >= 11 is 12.0. The molecule has 1 aliphatic rings. The largest absolute Gasteiger partial charge is 0.478 e. The van der Waals surface area contributed by atoms with Crippen LogP contribution in [0, 0.1) is 0 Å². The predicted molar refractivity (Wildman–Crippen MR) is 107 cm³/mol. The molecule has 1 aromatic carbocycles. The van der Waals surface area contributed by atoms with Gasteiger partial charge in [-0.3, -0.25) is 9.69 Å². The Kier molecular flexibility index (Phi) is 6.71. The van der Waals surface area contributed by atoms with Crippen LogP contribution in [0.5, 0.6) is 5.88 Å². The number of hydrogen-bond acceptors (Lipinski definition) is 6. The van der Waals surface area contributed by atoms with Gasteiger partial charge in [0.2, 0.25) is 17.7 Å². The number of carbonyl (C=O) groups excluding carboxylic acids is 1. The zero-order valence-electron chi connectivity index (χ0n) is 15.0. The minimum Gasteiger partial charge on any atom is -0.478 e. The van der Waals surface area contributed by atoms with E-state index in [4.69, 9.17) is 27.9 Å². The van der Waals surface area contributed by atoms with E-state index in [-0.39, 0.29) is 12.5 Å². The minimum absolute atomic E-state index is 0.123. The highest BCUT2D eigenvalue weighted by Crippen LogP contribution is 2.25. The van der Waals surface area contributed by atoms with E-state index in [0.717, 1.165) is 26.2 Å². The Bertz CT molecular complexity index is 797. The highest BCUT2D eigenvalue weighted by molar-refractivity contribution is 6.35. The number of nitrogens with one attached hydrogen (secondary N) is 1. The summed E-state index contributed by atoms with van der Waals surface area (Å²) in [6, 6.07) is 6.73. The van der Waals surface area contributed by atoms with Gasteiger partial charge >= 0.3 is 0 Å². The average molecular weight is 410 g/mol. The second kappa shape index (κ2) is 9.21. The number of amides is 1. The summed E-state index contributed by atoms with van der Waals surface area (Å²) in [5.41, 5.74) is 0.522. The van der Waals surface area contributed by atoms with Crippen molar-refractivity contribution in [2.24, 2.45) is 0 Å². The van der Waals surface area contributed by atoms with Crippen molar-refractivity contribution in [3.8, 4) is 5.88 Å². The van der Waals surface area contributed by atoms with Gasteiger partial charge in [0.05, 0.1) is 23.9 Å². The highest BCUT2D eigenvalue weighted by atomic mass is 35.5. The smallest absolute Gasteiger partial charge is 0.238 e. The Morgan fingerprint density at radius 3 is 2.74 bits per heavy atom. The zero-order valence-corrected chi connectivity index (χ0v) is 16.5. The predicted octanol–water partition coefficient (Wildman–Crippen LogP) is 2.94. The summed E-state index contributed by atoms with van der Waals surface area (Å²) in [7, 11) is 0. The van der Waals surface area contributed by atoms with Gasteiger partial charge in [0.15, 0.2) is 0 Å². The van der Waals surface area contributed by atoms with Crippen LogP contribution in [-0.4, -0.2) is 60.1 Å². The number of nitrogens with zero attached hydrogens (tertiary/aromatic N) is 4. The Labute approximate surface area is 168 Å². The maximum Gasteiger partial charge on any atom is 0.238 e. The SMILES string of the molecule is CCOc1ccnc(N2CCN(CC(=O)Nc3cc(Cl)ccc3Cl)CC2)n1. The average Bonchev–Trinajstić information content (AvgIpc) is 2.66. The quantitative estimate of drug-likeness (QED) is 0.790. The van der Waals surface area contributed by atoms with Crippen molar-refractivity contribution in [1.29, 1.82) is 0 Å². The van der Waals surface area contributed by atoms with Crippen LogP contribution in [0.3, 0.4) is 0 Å². The molecule has 3 rings (SSSR count). The summed E-state index contributed by atoms with van der Waals surface area (Å²) in [5.74, 6) is 1.10. The van der Waals surface area contributed by atoms with E-state index in [1.165, 1.54) is 0 Å². The Morgan fingerprint density at radius 2 is 2.00 bits per heavy atom. The van der Waals surface area contributed by atoms with Crippen LogP contribution in [0.15, 0.2) is 30.5 Å². The Morgan fingerprint density at radius 1 is 1.22 bits per heavy atom. The van der Waals surface area contributed by atoms with E-state index in [1.54, 1.807) is 30.5 Å². The number of rotatable bonds is 6. The number of benzene rings is 1. The molecule has 0 atom stereocenters. The van der Waals surface area contributed by atoms with Crippen LogP contribution in [0.4, 0.5) is 11.6 Å². The van der Waals surface area contributed by atoms with Crippen molar-refractivity contribution in [2.75, 3.05) is 49.5 Å². The lowest BCUT2D eigenvalue weighted by Crippen LogP contribution is -2.49. The highest BCUT2D eigenvalue weighted by Gasteiger charge is 2.21. The lowest BCUT2D eigenvalue weighted by Gasteiger charge is -2.34. The maximum atomic E-state index is 12.3. The number of hydrogen-bond donors (Lipinski definition) is 1. The normalized spacial score (nSPS) is 14.9. The third-order valence-electron chi connectivity index (χ3n) is 4.13. The number of halogens is 2.